The number of carboxylic acids is 1. The van der Waals surface area contributed by atoms with Crippen molar-refractivity contribution in [3.8, 4) is 0 Å². The third-order valence-corrected chi connectivity index (χ3v) is 3.87. The average molecular weight is 316 g/mol. The number of H-pyrrole nitrogens is 1. The number of rotatable bonds is 7. The van der Waals surface area contributed by atoms with Gasteiger partial charge in [-0.25, -0.2) is 0 Å². The Kier molecular flexibility index (Phi) is 5.42. The van der Waals surface area contributed by atoms with E-state index in [1.165, 1.54) is 10.5 Å². The Bertz CT molecular complexity index is 703. The summed E-state index contributed by atoms with van der Waals surface area (Å²) >= 11 is 0. The summed E-state index contributed by atoms with van der Waals surface area (Å²) in [4.78, 5) is 28.2. The zero-order chi connectivity index (χ0) is 17.0. The Morgan fingerprint density at radius 3 is 2.61 bits per heavy atom. The van der Waals surface area contributed by atoms with E-state index in [9.17, 15) is 9.59 Å². The number of aliphatic carboxylic acids is 1. The van der Waals surface area contributed by atoms with E-state index >= 15 is 0 Å². The van der Waals surface area contributed by atoms with Crippen LogP contribution in [0.4, 0.5) is 0 Å². The molecule has 5 nitrogen and oxygen atoms in total. The van der Waals surface area contributed by atoms with Crippen molar-refractivity contribution >= 4 is 22.8 Å². The maximum Gasteiger partial charge on any atom is 0.323 e. The van der Waals surface area contributed by atoms with Gasteiger partial charge in [0, 0.05) is 23.6 Å². The highest BCUT2D eigenvalue weighted by Gasteiger charge is 2.19. The summed E-state index contributed by atoms with van der Waals surface area (Å²) in [5.74, 6) is -0.900. The summed E-state index contributed by atoms with van der Waals surface area (Å²) in [5.41, 5.74) is 3.19. The van der Waals surface area contributed by atoms with Gasteiger partial charge in [0.15, 0.2) is 0 Å². The second kappa shape index (κ2) is 7.31. The van der Waals surface area contributed by atoms with E-state index in [2.05, 4.69) is 18.0 Å². The van der Waals surface area contributed by atoms with E-state index in [4.69, 9.17) is 5.11 Å². The van der Waals surface area contributed by atoms with Crippen LogP contribution in [0, 0.1) is 5.92 Å². The number of amides is 1. The molecule has 124 valence electrons. The number of aromatic amines is 1. The molecule has 0 aliphatic carbocycles. The minimum Gasteiger partial charge on any atom is -0.480 e. The summed E-state index contributed by atoms with van der Waals surface area (Å²) in [6, 6.07) is 6.06. The quantitative estimate of drug-likeness (QED) is 0.825. The van der Waals surface area contributed by atoms with Crippen molar-refractivity contribution in [2.24, 2.45) is 5.92 Å². The Morgan fingerprint density at radius 2 is 2.00 bits per heavy atom. The molecule has 0 fully saturated rings. The molecular formula is C18H24N2O3. The van der Waals surface area contributed by atoms with Crippen LogP contribution in [0.15, 0.2) is 24.4 Å². The Hall–Kier alpha value is -2.30. The summed E-state index contributed by atoms with van der Waals surface area (Å²) in [6.45, 7) is 6.24. The molecule has 1 amide bonds. The van der Waals surface area contributed by atoms with Crippen LogP contribution >= 0.6 is 0 Å². The van der Waals surface area contributed by atoms with Crippen LogP contribution in [0.3, 0.4) is 0 Å². The van der Waals surface area contributed by atoms with Gasteiger partial charge in [-0.2, -0.15) is 0 Å². The van der Waals surface area contributed by atoms with Gasteiger partial charge in [0.2, 0.25) is 5.91 Å². The molecule has 5 heteroatoms. The second-order valence-electron chi connectivity index (χ2n) is 6.25. The van der Waals surface area contributed by atoms with Crippen LogP contribution in [-0.4, -0.2) is 40.0 Å². The van der Waals surface area contributed by atoms with Crippen molar-refractivity contribution in [1.82, 2.24) is 9.88 Å². The minimum atomic E-state index is -0.980. The second-order valence-corrected chi connectivity index (χ2v) is 6.25. The fourth-order valence-electron chi connectivity index (χ4n) is 2.85. The number of carbonyl (C=O) groups is 2. The number of hydrogen-bond acceptors (Lipinski definition) is 2. The maximum atomic E-state index is 12.5. The van der Waals surface area contributed by atoms with Gasteiger partial charge in [-0.15, -0.1) is 0 Å². The lowest BCUT2D eigenvalue weighted by molar-refractivity contribution is -0.144. The van der Waals surface area contributed by atoms with Crippen molar-refractivity contribution in [3.63, 3.8) is 0 Å². The SMILES string of the molecule is CCc1cccc2c(CC(=O)N(CC(=O)O)CC(C)C)c[nH]c12. The van der Waals surface area contributed by atoms with Crippen LogP contribution < -0.4 is 0 Å². The Morgan fingerprint density at radius 1 is 1.26 bits per heavy atom. The molecule has 0 spiro atoms. The zero-order valence-corrected chi connectivity index (χ0v) is 13.9. The number of aromatic nitrogens is 1. The number of benzene rings is 1. The van der Waals surface area contributed by atoms with Crippen molar-refractivity contribution in [2.45, 2.75) is 33.6 Å². The number of para-hydroxylation sites is 1. The lowest BCUT2D eigenvalue weighted by Gasteiger charge is -2.22. The predicted octanol–water partition coefficient (Wildman–Crippen LogP) is 2.84. The van der Waals surface area contributed by atoms with Gasteiger partial charge in [-0.05, 0) is 23.5 Å². The number of nitrogens with one attached hydrogen (secondary N) is 1. The molecule has 2 rings (SSSR count). The third-order valence-electron chi connectivity index (χ3n) is 3.87. The number of carbonyl (C=O) groups excluding carboxylic acids is 1. The van der Waals surface area contributed by atoms with Gasteiger partial charge < -0.3 is 15.0 Å². The first kappa shape index (κ1) is 17.1. The van der Waals surface area contributed by atoms with Crippen molar-refractivity contribution in [3.05, 3.63) is 35.5 Å². The molecule has 23 heavy (non-hydrogen) atoms. The van der Waals surface area contributed by atoms with Crippen LogP contribution in [0.5, 0.6) is 0 Å². The Balaban J connectivity index is 2.22. The molecule has 0 atom stereocenters. The Labute approximate surface area is 136 Å². The number of carboxylic acid groups (broad SMARTS) is 1. The van der Waals surface area contributed by atoms with Crippen molar-refractivity contribution < 1.29 is 14.7 Å². The number of nitrogens with zero attached hydrogens (tertiary/aromatic N) is 1. The van der Waals surface area contributed by atoms with Crippen molar-refractivity contribution in [1.29, 1.82) is 0 Å². The van der Waals surface area contributed by atoms with Gasteiger partial charge in [0.25, 0.3) is 0 Å². The molecule has 0 unspecified atom stereocenters. The topological polar surface area (TPSA) is 73.4 Å². The van der Waals surface area contributed by atoms with Crippen molar-refractivity contribution in [2.75, 3.05) is 13.1 Å². The van der Waals surface area contributed by atoms with E-state index in [1.807, 2.05) is 32.2 Å². The van der Waals surface area contributed by atoms with E-state index < -0.39 is 5.97 Å². The highest BCUT2D eigenvalue weighted by Crippen LogP contribution is 2.23. The first-order valence-electron chi connectivity index (χ1n) is 7.99. The lowest BCUT2D eigenvalue weighted by Crippen LogP contribution is -2.39. The monoisotopic (exact) mass is 316 g/mol. The fourth-order valence-corrected chi connectivity index (χ4v) is 2.85. The van der Waals surface area contributed by atoms with E-state index in [0.29, 0.717) is 6.54 Å². The average Bonchev–Trinajstić information content (AvgIpc) is 2.88. The molecule has 0 bridgehead atoms. The lowest BCUT2D eigenvalue weighted by atomic mass is 10.0. The molecule has 2 N–H and O–H groups in total. The summed E-state index contributed by atoms with van der Waals surface area (Å²) in [7, 11) is 0. The maximum absolute atomic E-state index is 12.5. The third kappa shape index (κ3) is 4.12. The predicted molar refractivity (Wildman–Crippen MR) is 90.4 cm³/mol. The van der Waals surface area contributed by atoms with Gasteiger partial charge in [-0.1, -0.05) is 39.0 Å². The van der Waals surface area contributed by atoms with Crippen LogP contribution in [0.25, 0.3) is 10.9 Å². The van der Waals surface area contributed by atoms with Crippen LogP contribution in [0.2, 0.25) is 0 Å². The van der Waals surface area contributed by atoms with Crippen LogP contribution in [0.1, 0.15) is 31.9 Å². The fraction of sp³-hybridized carbons (Fsp3) is 0.444. The smallest absolute Gasteiger partial charge is 0.323 e. The molecule has 0 saturated heterocycles. The van der Waals surface area contributed by atoms with Gasteiger partial charge in [0.05, 0.1) is 6.42 Å². The highest BCUT2D eigenvalue weighted by molar-refractivity contribution is 5.91. The molecule has 0 aliphatic rings. The van der Waals surface area contributed by atoms with Gasteiger partial charge in [-0.3, -0.25) is 9.59 Å². The highest BCUT2D eigenvalue weighted by atomic mass is 16.4. The molecular weight excluding hydrogens is 292 g/mol. The van der Waals surface area contributed by atoms with Gasteiger partial charge in [0.1, 0.15) is 6.54 Å². The zero-order valence-electron chi connectivity index (χ0n) is 13.9. The normalized spacial score (nSPS) is 11.1. The van der Waals surface area contributed by atoms with E-state index in [-0.39, 0.29) is 24.8 Å². The molecule has 1 heterocycles. The first-order valence-corrected chi connectivity index (χ1v) is 7.99. The standard InChI is InChI=1S/C18H24N2O3/c1-4-13-6-5-7-15-14(9-19-18(13)15)8-16(21)20(10-12(2)3)11-17(22)23/h5-7,9,12,19H,4,8,10-11H2,1-3H3,(H,22,23). The summed E-state index contributed by atoms with van der Waals surface area (Å²) in [6.07, 6.45) is 2.99. The largest absolute Gasteiger partial charge is 0.480 e. The molecule has 2 aromatic rings. The summed E-state index contributed by atoms with van der Waals surface area (Å²) in [5, 5.41) is 10.1. The van der Waals surface area contributed by atoms with E-state index in [1.54, 1.807) is 0 Å². The molecule has 1 aromatic heterocycles. The number of hydrogen-bond donors (Lipinski definition) is 2. The first-order chi connectivity index (χ1) is 10.9. The number of fused-ring (bicyclic) bond motifs is 1. The molecule has 0 aliphatic heterocycles. The van der Waals surface area contributed by atoms with E-state index in [0.717, 1.165) is 22.9 Å². The molecule has 1 aromatic carbocycles. The van der Waals surface area contributed by atoms with Crippen LogP contribution in [-0.2, 0) is 22.4 Å². The minimum absolute atomic E-state index is 0.149. The molecule has 0 saturated carbocycles. The summed E-state index contributed by atoms with van der Waals surface area (Å²) < 4.78 is 0. The van der Waals surface area contributed by atoms with Gasteiger partial charge >= 0.3 is 5.97 Å². The molecule has 0 radical (unpaired) electrons. The number of aryl methyl sites for hydroxylation is 1.